The number of hydrogen-bond acceptors (Lipinski definition) is 5. The van der Waals surface area contributed by atoms with Crippen LogP contribution in [-0.2, 0) is 36.8 Å². The lowest BCUT2D eigenvalue weighted by Crippen LogP contribution is -2.27. The second kappa shape index (κ2) is 7.51. The monoisotopic (exact) mass is 319 g/mol. The molecule has 1 atom stereocenters. The van der Waals surface area contributed by atoms with Crippen LogP contribution in [0.1, 0.15) is 5.56 Å². The third-order valence-corrected chi connectivity index (χ3v) is 4.75. The minimum absolute atomic E-state index is 0.0963. The molecule has 1 rings (SSSR count). The molecule has 20 heavy (non-hydrogen) atoms. The number of rotatable bonds is 7. The van der Waals surface area contributed by atoms with Crippen LogP contribution >= 0.6 is 0 Å². The van der Waals surface area contributed by atoms with Gasteiger partial charge in [-0.3, -0.25) is 9.00 Å². The van der Waals surface area contributed by atoms with Crippen LogP contribution in [-0.4, -0.2) is 44.3 Å². The molecule has 0 radical (unpaired) electrons. The van der Waals surface area contributed by atoms with Crippen molar-refractivity contribution in [3.8, 4) is 0 Å². The Balaban J connectivity index is 2.71. The first-order valence-electron chi connectivity index (χ1n) is 5.80. The Morgan fingerprint density at radius 2 is 1.90 bits per heavy atom. The molecule has 1 unspecified atom stereocenters. The molecule has 0 amide bonds. The fourth-order valence-electron chi connectivity index (χ4n) is 1.43. The predicted molar refractivity (Wildman–Crippen MR) is 76.3 cm³/mol. The van der Waals surface area contributed by atoms with Crippen LogP contribution < -0.4 is 4.72 Å². The Hall–Kier alpha value is -1.25. The molecule has 1 aromatic rings. The molecule has 0 bridgehead atoms. The van der Waals surface area contributed by atoms with Gasteiger partial charge in [-0.1, -0.05) is 12.1 Å². The van der Waals surface area contributed by atoms with E-state index in [0.29, 0.717) is 5.56 Å². The van der Waals surface area contributed by atoms with E-state index in [2.05, 4.69) is 9.46 Å². The fraction of sp³-hybridized carbons (Fsp3) is 0.417. The van der Waals surface area contributed by atoms with E-state index in [9.17, 15) is 17.4 Å². The van der Waals surface area contributed by atoms with Crippen molar-refractivity contribution in [1.82, 2.24) is 4.72 Å². The molecule has 0 spiro atoms. The van der Waals surface area contributed by atoms with Gasteiger partial charge in [0, 0.05) is 29.4 Å². The van der Waals surface area contributed by atoms with Gasteiger partial charge in [0.2, 0.25) is 10.0 Å². The van der Waals surface area contributed by atoms with Gasteiger partial charge in [-0.2, -0.15) is 0 Å². The molecule has 0 saturated heterocycles. The van der Waals surface area contributed by atoms with Gasteiger partial charge < -0.3 is 4.74 Å². The van der Waals surface area contributed by atoms with E-state index >= 15 is 0 Å². The Kier molecular flexibility index (Phi) is 6.31. The van der Waals surface area contributed by atoms with E-state index in [1.165, 1.54) is 25.5 Å². The number of methoxy groups -OCH3 is 1. The Bertz CT molecular complexity index is 580. The second-order valence-corrected chi connectivity index (χ2v) is 7.39. The first-order valence-corrected chi connectivity index (χ1v) is 9.01. The number of hydrogen-bond donors (Lipinski definition) is 1. The molecule has 0 saturated carbocycles. The van der Waals surface area contributed by atoms with Gasteiger partial charge in [0.25, 0.3) is 0 Å². The summed E-state index contributed by atoms with van der Waals surface area (Å²) >= 11 is 0. The van der Waals surface area contributed by atoms with Crippen LogP contribution in [0.3, 0.4) is 0 Å². The lowest BCUT2D eigenvalue weighted by atomic mass is 10.2. The highest BCUT2D eigenvalue weighted by molar-refractivity contribution is 7.89. The molecule has 0 heterocycles. The number of nitrogens with one attached hydrogen (secondary N) is 1. The average molecular weight is 319 g/mol. The summed E-state index contributed by atoms with van der Waals surface area (Å²) in [6.07, 6.45) is 1.61. The fourth-order valence-corrected chi connectivity index (χ4v) is 2.98. The van der Waals surface area contributed by atoms with Crippen molar-refractivity contribution < 1.29 is 22.2 Å². The maximum absolute atomic E-state index is 11.9. The first kappa shape index (κ1) is 16.8. The quantitative estimate of drug-likeness (QED) is 0.718. The van der Waals surface area contributed by atoms with Gasteiger partial charge in [0.15, 0.2) is 0 Å². The smallest absolute Gasteiger partial charge is 0.309 e. The van der Waals surface area contributed by atoms with Gasteiger partial charge in [0.05, 0.1) is 18.4 Å². The molecule has 1 N–H and O–H groups in total. The molecule has 0 aliphatic heterocycles. The first-order chi connectivity index (χ1) is 9.35. The highest BCUT2D eigenvalue weighted by Crippen LogP contribution is 2.11. The zero-order valence-corrected chi connectivity index (χ0v) is 12.9. The molecule has 6 nitrogen and oxygen atoms in total. The summed E-state index contributed by atoms with van der Waals surface area (Å²) in [6.45, 7) is 0.120. The minimum atomic E-state index is -3.61. The van der Waals surface area contributed by atoms with E-state index in [1.54, 1.807) is 12.1 Å². The van der Waals surface area contributed by atoms with Gasteiger partial charge in [0.1, 0.15) is 0 Å². The van der Waals surface area contributed by atoms with Crippen molar-refractivity contribution in [3.63, 3.8) is 0 Å². The lowest BCUT2D eigenvalue weighted by Gasteiger charge is -2.07. The zero-order valence-electron chi connectivity index (χ0n) is 11.3. The summed E-state index contributed by atoms with van der Waals surface area (Å²) in [6, 6.07) is 5.96. The number of ether oxygens (including phenoxy) is 1. The minimum Gasteiger partial charge on any atom is -0.469 e. The summed E-state index contributed by atoms with van der Waals surface area (Å²) in [5.74, 6) is -0.121. The maximum atomic E-state index is 11.9. The largest absolute Gasteiger partial charge is 0.469 e. The van der Waals surface area contributed by atoms with Crippen molar-refractivity contribution in [2.45, 2.75) is 11.3 Å². The van der Waals surface area contributed by atoms with Gasteiger partial charge in [-0.25, -0.2) is 13.1 Å². The van der Waals surface area contributed by atoms with E-state index in [-0.39, 0.29) is 29.6 Å². The van der Waals surface area contributed by atoms with Gasteiger partial charge >= 0.3 is 5.97 Å². The third-order valence-electron chi connectivity index (χ3n) is 2.49. The number of carbonyl (C=O) groups excluding carboxylic acids is 1. The maximum Gasteiger partial charge on any atom is 0.309 e. The van der Waals surface area contributed by atoms with Crippen LogP contribution in [0.15, 0.2) is 29.2 Å². The van der Waals surface area contributed by atoms with E-state index in [4.69, 9.17) is 0 Å². The lowest BCUT2D eigenvalue weighted by molar-refractivity contribution is -0.139. The highest BCUT2D eigenvalue weighted by atomic mass is 32.2. The molecular formula is C12H17NO5S2. The zero-order chi connectivity index (χ0) is 15.2. The van der Waals surface area contributed by atoms with Gasteiger partial charge in [-0.15, -0.1) is 0 Å². The SMILES string of the molecule is COC(=O)Cc1ccc(S(=O)(=O)NCCS(C)=O)cc1. The van der Waals surface area contributed by atoms with Crippen molar-refractivity contribution in [3.05, 3.63) is 29.8 Å². The second-order valence-electron chi connectivity index (χ2n) is 4.07. The van der Waals surface area contributed by atoms with Crippen LogP contribution in [0.5, 0.6) is 0 Å². The molecule has 0 aromatic heterocycles. The van der Waals surface area contributed by atoms with Crippen molar-refractivity contribution >= 4 is 26.8 Å². The molecular weight excluding hydrogens is 302 g/mol. The Morgan fingerprint density at radius 3 is 2.40 bits per heavy atom. The van der Waals surface area contributed by atoms with E-state index in [1.807, 2.05) is 0 Å². The standard InChI is InChI=1S/C12H17NO5S2/c1-18-12(14)9-10-3-5-11(6-4-10)20(16,17)13-7-8-19(2)15/h3-6,13H,7-9H2,1-2H3. The molecule has 0 fully saturated rings. The molecule has 1 aromatic carbocycles. The van der Waals surface area contributed by atoms with E-state index in [0.717, 1.165) is 0 Å². The summed E-state index contributed by atoms with van der Waals surface area (Å²) in [5, 5.41) is 0. The number of sulfonamides is 1. The summed E-state index contributed by atoms with van der Waals surface area (Å²) in [7, 11) is -3.36. The van der Waals surface area contributed by atoms with Crippen LogP contribution in [0.4, 0.5) is 0 Å². The molecule has 112 valence electrons. The number of esters is 1. The predicted octanol–water partition coefficient (Wildman–Crippen LogP) is 0.0589. The van der Waals surface area contributed by atoms with Crippen molar-refractivity contribution in [1.29, 1.82) is 0 Å². The molecule has 0 aliphatic rings. The summed E-state index contributed by atoms with van der Waals surface area (Å²) in [5.41, 5.74) is 0.672. The van der Waals surface area contributed by atoms with Crippen LogP contribution in [0.25, 0.3) is 0 Å². The third kappa shape index (κ3) is 5.40. The van der Waals surface area contributed by atoms with Crippen molar-refractivity contribution in [2.75, 3.05) is 25.7 Å². The Labute approximate surface area is 121 Å². The number of carbonyl (C=O) groups is 1. The van der Waals surface area contributed by atoms with Crippen LogP contribution in [0.2, 0.25) is 0 Å². The Morgan fingerprint density at radius 1 is 1.30 bits per heavy atom. The normalized spacial score (nSPS) is 12.9. The van der Waals surface area contributed by atoms with Gasteiger partial charge in [-0.05, 0) is 17.7 Å². The summed E-state index contributed by atoms with van der Waals surface area (Å²) < 4.78 is 41.6. The van der Waals surface area contributed by atoms with Crippen LogP contribution in [0, 0.1) is 0 Å². The number of benzene rings is 1. The molecule has 8 heteroatoms. The molecule has 0 aliphatic carbocycles. The van der Waals surface area contributed by atoms with Crippen molar-refractivity contribution in [2.24, 2.45) is 0 Å². The topological polar surface area (TPSA) is 89.5 Å². The summed E-state index contributed by atoms with van der Waals surface area (Å²) in [4.78, 5) is 11.2. The highest BCUT2D eigenvalue weighted by Gasteiger charge is 2.13. The van der Waals surface area contributed by atoms with E-state index < -0.39 is 20.8 Å². The average Bonchev–Trinajstić information content (AvgIpc) is 2.38.